The topological polar surface area (TPSA) is 75.3 Å². The fourth-order valence-corrected chi connectivity index (χ4v) is 2.24. The van der Waals surface area contributed by atoms with Crippen LogP contribution in [-0.2, 0) is 4.79 Å². The smallest absolute Gasteiger partial charge is 0.266 e. The second kappa shape index (κ2) is 6.71. The molecule has 1 N–H and O–H groups in total. The molecule has 0 radical (unpaired) electrons. The summed E-state index contributed by atoms with van der Waals surface area (Å²) in [5, 5.41) is 12.8. The van der Waals surface area contributed by atoms with Crippen LogP contribution in [-0.4, -0.2) is 13.0 Å². The highest BCUT2D eigenvalue weighted by atomic mass is 16.5. The van der Waals surface area contributed by atoms with Crippen molar-refractivity contribution in [1.29, 1.82) is 5.26 Å². The number of nitrogens with one attached hydrogen (secondary N) is 1. The minimum absolute atomic E-state index is 0.0372. The average molecular weight is 318 g/mol. The third kappa shape index (κ3) is 3.28. The summed E-state index contributed by atoms with van der Waals surface area (Å²) in [5.41, 5.74) is 1.24. The number of benzene rings is 2. The van der Waals surface area contributed by atoms with Crippen molar-refractivity contribution in [3.63, 3.8) is 0 Å². The lowest BCUT2D eigenvalue weighted by atomic mass is 10.2. The molecule has 0 saturated carbocycles. The van der Waals surface area contributed by atoms with Crippen LogP contribution in [0.3, 0.4) is 0 Å². The molecule has 0 aliphatic carbocycles. The molecule has 5 heteroatoms. The standard InChI is InChI=1S/C19H14N2O3/c1-23-16-8-6-15(7-9-16)21-19(22)14(12-20)11-17-10-13-4-2-3-5-18(13)24-17/h2-11H,1H3,(H,21,22)/b14-11+. The number of hydrogen-bond donors (Lipinski definition) is 1. The number of methoxy groups -OCH3 is 1. The van der Waals surface area contributed by atoms with Gasteiger partial charge < -0.3 is 14.5 Å². The first kappa shape index (κ1) is 15.4. The van der Waals surface area contributed by atoms with Crippen molar-refractivity contribution in [1.82, 2.24) is 0 Å². The van der Waals surface area contributed by atoms with Crippen LogP contribution in [0.2, 0.25) is 0 Å². The summed E-state index contributed by atoms with van der Waals surface area (Å²) in [4.78, 5) is 12.2. The fraction of sp³-hybridized carbons (Fsp3) is 0.0526. The molecule has 0 fully saturated rings. The van der Waals surface area contributed by atoms with E-state index in [2.05, 4.69) is 5.32 Å². The Morgan fingerprint density at radius 1 is 1.21 bits per heavy atom. The van der Waals surface area contributed by atoms with Gasteiger partial charge in [0.15, 0.2) is 0 Å². The Hall–Kier alpha value is -3.52. The third-order valence-electron chi connectivity index (χ3n) is 3.44. The second-order valence-corrected chi connectivity index (χ2v) is 5.04. The number of furan rings is 1. The van der Waals surface area contributed by atoms with E-state index in [0.717, 1.165) is 5.39 Å². The summed E-state index contributed by atoms with van der Waals surface area (Å²) in [6.07, 6.45) is 1.43. The number of para-hydroxylation sites is 1. The van der Waals surface area contributed by atoms with Crippen molar-refractivity contribution < 1.29 is 13.9 Å². The van der Waals surface area contributed by atoms with E-state index < -0.39 is 5.91 Å². The maximum Gasteiger partial charge on any atom is 0.266 e. The molecule has 3 rings (SSSR count). The summed E-state index contributed by atoms with van der Waals surface area (Å²) in [6, 6.07) is 18.0. The predicted octanol–water partition coefficient (Wildman–Crippen LogP) is 3.99. The van der Waals surface area contributed by atoms with E-state index >= 15 is 0 Å². The molecule has 3 aromatic rings. The Kier molecular flexibility index (Phi) is 4.30. The molecule has 118 valence electrons. The summed E-state index contributed by atoms with van der Waals surface area (Å²) in [5.74, 6) is 0.645. The molecular weight excluding hydrogens is 304 g/mol. The van der Waals surface area contributed by atoms with Gasteiger partial charge in [0.25, 0.3) is 5.91 Å². The van der Waals surface area contributed by atoms with Crippen molar-refractivity contribution in [2.24, 2.45) is 0 Å². The molecule has 0 bridgehead atoms. The number of carbonyl (C=O) groups is 1. The number of amides is 1. The van der Waals surface area contributed by atoms with Crippen molar-refractivity contribution in [3.05, 3.63) is 65.9 Å². The monoisotopic (exact) mass is 318 g/mol. The molecule has 0 unspecified atom stereocenters. The van der Waals surface area contributed by atoms with Crippen LogP contribution in [0.15, 0.2) is 64.6 Å². The molecule has 0 saturated heterocycles. The quantitative estimate of drug-likeness (QED) is 0.583. The lowest BCUT2D eigenvalue weighted by Gasteiger charge is -2.05. The molecule has 5 nitrogen and oxygen atoms in total. The molecule has 1 amide bonds. The zero-order valence-corrected chi connectivity index (χ0v) is 12.9. The van der Waals surface area contributed by atoms with Gasteiger partial charge in [0.2, 0.25) is 0 Å². The SMILES string of the molecule is COc1ccc(NC(=O)/C(C#N)=C/c2cc3ccccc3o2)cc1. The highest BCUT2D eigenvalue weighted by molar-refractivity contribution is 6.09. The lowest BCUT2D eigenvalue weighted by Crippen LogP contribution is -2.13. The van der Waals surface area contributed by atoms with Crippen LogP contribution in [0, 0.1) is 11.3 Å². The predicted molar refractivity (Wildman–Crippen MR) is 91.4 cm³/mol. The van der Waals surface area contributed by atoms with Gasteiger partial charge in [0.1, 0.15) is 28.7 Å². The first-order valence-corrected chi connectivity index (χ1v) is 7.25. The molecule has 0 atom stereocenters. The van der Waals surface area contributed by atoms with E-state index in [-0.39, 0.29) is 5.57 Å². The highest BCUT2D eigenvalue weighted by Crippen LogP contribution is 2.21. The number of nitriles is 1. The first-order valence-electron chi connectivity index (χ1n) is 7.25. The Labute approximate surface area is 138 Å². The van der Waals surface area contributed by atoms with Gasteiger partial charge in [0.05, 0.1) is 7.11 Å². The van der Waals surface area contributed by atoms with Crippen molar-refractivity contribution in [3.8, 4) is 11.8 Å². The molecule has 0 spiro atoms. The van der Waals surface area contributed by atoms with E-state index in [1.807, 2.05) is 30.3 Å². The number of anilines is 1. The number of rotatable bonds is 4. The number of carbonyl (C=O) groups excluding carboxylic acids is 1. The number of fused-ring (bicyclic) bond motifs is 1. The summed E-state index contributed by atoms with van der Waals surface area (Å²) in [6.45, 7) is 0. The maximum absolute atomic E-state index is 12.2. The van der Waals surface area contributed by atoms with Gasteiger partial charge in [0, 0.05) is 17.1 Å². The Morgan fingerprint density at radius 2 is 1.96 bits per heavy atom. The van der Waals surface area contributed by atoms with Gasteiger partial charge in [-0.15, -0.1) is 0 Å². The Morgan fingerprint density at radius 3 is 2.62 bits per heavy atom. The number of ether oxygens (including phenoxy) is 1. The minimum atomic E-state index is -0.497. The van der Waals surface area contributed by atoms with Crippen molar-refractivity contribution in [2.75, 3.05) is 12.4 Å². The van der Waals surface area contributed by atoms with Gasteiger partial charge in [-0.1, -0.05) is 18.2 Å². The Bertz CT molecular complexity index is 914. The number of hydrogen-bond acceptors (Lipinski definition) is 4. The van der Waals surface area contributed by atoms with Crippen LogP contribution in [0.1, 0.15) is 5.76 Å². The number of nitrogens with zero attached hydrogens (tertiary/aromatic N) is 1. The Balaban J connectivity index is 1.81. The normalized spacial score (nSPS) is 11.1. The van der Waals surface area contributed by atoms with Crippen LogP contribution in [0.5, 0.6) is 5.75 Å². The molecule has 2 aromatic carbocycles. The summed E-state index contributed by atoms with van der Waals surface area (Å²) >= 11 is 0. The van der Waals surface area contributed by atoms with Crippen molar-refractivity contribution >= 4 is 28.6 Å². The maximum atomic E-state index is 12.2. The fourth-order valence-electron chi connectivity index (χ4n) is 2.24. The molecule has 0 aliphatic rings. The molecule has 1 aromatic heterocycles. The van der Waals surface area contributed by atoms with Crippen LogP contribution >= 0.6 is 0 Å². The van der Waals surface area contributed by atoms with Crippen LogP contribution < -0.4 is 10.1 Å². The molecule has 0 aliphatic heterocycles. The van der Waals surface area contributed by atoms with Gasteiger partial charge in [-0.25, -0.2) is 0 Å². The zero-order chi connectivity index (χ0) is 16.9. The zero-order valence-electron chi connectivity index (χ0n) is 12.9. The largest absolute Gasteiger partial charge is 0.497 e. The van der Waals surface area contributed by atoms with E-state index in [4.69, 9.17) is 9.15 Å². The van der Waals surface area contributed by atoms with Crippen LogP contribution in [0.4, 0.5) is 5.69 Å². The summed E-state index contributed by atoms with van der Waals surface area (Å²) in [7, 11) is 1.57. The van der Waals surface area contributed by atoms with Crippen molar-refractivity contribution in [2.45, 2.75) is 0 Å². The van der Waals surface area contributed by atoms with Crippen LogP contribution in [0.25, 0.3) is 17.0 Å². The minimum Gasteiger partial charge on any atom is -0.497 e. The van der Waals surface area contributed by atoms with E-state index in [1.165, 1.54) is 6.08 Å². The van der Waals surface area contributed by atoms with Gasteiger partial charge in [-0.3, -0.25) is 4.79 Å². The molecule has 24 heavy (non-hydrogen) atoms. The van der Waals surface area contributed by atoms with Gasteiger partial charge in [-0.2, -0.15) is 5.26 Å². The van der Waals surface area contributed by atoms with Gasteiger partial charge in [-0.05, 0) is 36.4 Å². The average Bonchev–Trinajstić information content (AvgIpc) is 3.02. The van der Waals surface area contributed by atoms with E-state index in [0.29, 0.717) is 22.8 Å². The molecule has 1 heterocycles. The second-order valence-electron chi connectivity index (χ2n) is 5.04. The third-order valence-corrected chi connectivity index (χ3v) is 3.44. The molecular formula is C19H14N2O3. The highest BCUT2D eigenvalue weighted by Gasteiger charge is 2.11. The van der Waals surface area contributed by atoms with E-state index in [1.54, 1.807) is 37.4 Å². The first-order chi connectivity index (χ1) is 11.7. The lowest BCUT2D eigenvalue weighted by molar-refractivity contribution is -0.112. The van der Waals surface area contributed by atoms with E-state index in [9.17, 15) is 10.1 Å². The van der Waals surface area contributed by atoms with Gasteiger partial charge >= 0.3 is 0 Å². The summed E-state index contributed by atoms with van der Waals surface area (Å²) < 4.78 is 10.7.